The highest BCUT2D eigenvalue weighted by molar-refractivity contribution is 8.18. The van der Waals surface area contributed by atoms with Gasteiger partial charge in [0.15, 0.2) is 5.17 Å². The van der Waals surface area contributed by atoms with Crippen molar-refractivity contribution in [3.63, 3.8) is 0 Å². The van der Waals surface area contributed by atoms with E-state index in [1.807, 2.05) is 60.8 Å². The van der Waals surface area contributed by atoms with Crippen molar-refractivity contribution >= 4 is 51.4 Å². The molecule has 0 radical (unpaired) electrons. The first-order chi connectivity index (χ1) is 14.0. The molecule has 0 saturated carbocycles. The number of amides is 2. The number of carbonyl (C=O) groups excluding carboxylic acids is 2. The summed E-state index contributed by atoms with van der Waals surface area (Å²) in [4.78, 5) is 28.9. The summed E-state index contributed by atoms with van der Waals surface area (Å²) in [6, 6.07) is 15.7. The lowest BCUT2D eigenvalue weighted by molar-refractivity contribution is -0.118. The third kappa shape index (κ3) is 4.09. The van der Waals surface area contributed by atoms with Crippen LogP contribution >= 0.6 is 11.8 Å². The minimum atomic E-state index is -0.415. The van der Waals surface area contributed by atoms with Gasteiger partial charge in [0.2, 0.25) is 5.91 Å². The SMILES string of the molecule is CCc1ccc(N=C2NC(=O)/C(=C/c3cn(CC(N)=O)c4ccccc34)S2)cc1. The molecule has 4 rings (SSSR count). The minimum Gasteiger partial charge on any atom is -0.368 e. The Morgan fingerprint density at radius 1 is 1.21 bits per heavy atom. The van der Waals surface area contributed by atoms with Crippen molar-refractivity contribution in [2.24, 2.45) is 10.7 Å². The van der Waals surface area contributed by atoms with Gasteiger partial charge in [0.25, 0.3) is 5.91 Å². The maximum Gasteiger partial charge on any atom is 0.264 e. The molecule has 1 aliphatic heterocycles. The van der Waals surface area contributed by atoms with Gasteiger partial charge in [-0.1, -0.05) is 37.3 Å². The van der Waals surface area contributed by atoms with E-state index in [4.69, 9.17) is 5.73 Å². The molecule has 0 unspecified atom stereocenters. The van der Waals surface area contributed by atoms with Crippen LogP contribution < -0.4 is 11.1 Å². The number of carbonyl (C=O) groups is 2. The minimum absolute atomic E-state index is 0.0868. The Hall–Kier alpha value is -3.32. The van der Waals surface area contributed by atoms with Crippen LogP contribution in [0.1, 0.15) is 18.1 Å². The van der Waals surface area contributed by atoms with Gasteiger partial charge in [-0.25, -0.2) is 4.99 Å². The quantitative estimate of drug-likeness (QED) is 0.637. The van der Waals surface area contributed by atoms with Gasteiger partial charge in [0.05, 0.1) is 10.6 Å². The van der Waals surface area contributed by atoms with Crippen LogP contribution in [0.3, 0.4) is 0 Å². The summed E-state index contributed by atoms with van der Waals surface area (Å²) in [5.74, 6) is -0.605. The summed E-state index contributed by atoms with van der Waals surface area (Å²) >= 11 is 1.30. The number of hydrogen-bond donors (Lipinski definition) is 2. The lowest BCUT2D eigenvalue weighted by Gasteiger charge is -2.00. The van der Waals surface area contributed by atoms with Gasteiger partial charge in [-0.05, 0) is 48.0 Å². The van der Waals surface area contributed by atoms with Crippen LogP contribution in [0.5, 0.6) is 0 Å². The molecule has 0 atom stereocenters. The van der Waals surface area contributed by atoms with E-state index in [1.165, 1.54) is 17.3 Å². The van der Waals surface area contributed by atoms with Gasteiger partial charge in [-0.2, -0.15) is 0 Å². The molecule has 1 aliphatic rings. The average molecular weight is 404 g/mol. The van der Waals surface area contributed by atoms with E-state index < -0.39 is 5.91 Å². The van der Waals surface area contributed by atoms with E-state index in [0.29, 0.717) is 10.1 Å². The Kier molecular flexibility index (Phi) is 5.22. The molecule has 0 aliphatic carbocycles. The number of rotatable bonds is 5. The smallest absolute Gasteiger partial charge is 0.264 e. The molecular formula is C22H20N4O2S. The summed E-state index contributed by atoms with van der Waals surface area (Å²) in [6.45, 7) is 2.19. The maximum atomic E-state index is 12.4. The number of thioether (sulfide) groups is 1. The van der Waals surface area contributed by atoms with Crippen molar-refractivity contribution in [2.45, 2.75) is 19.9 Å². The summed E-state index contributed by atoms with van der Waals surface area (Å²) < 4.78 is 1.80. The number of aryl methyl sites for hydroxylation is 1. The highest BCUT2D eigenvalue weighted by Gasteiger charge is 2.24. The Morgan fingerprint density at radius 2 is 1.97 bits per heavy atom. The second-order valence-electron chi connectivity index (χ2n) is 6.70. The number of nitrogens with one attached hydrogen (secondary N) is 1. The first-order valence-electron chi connectivity index (χ1n) is 9.28. The monoisotopic (exact) mass is 404 g/mol. The zero-order chi connectivity index (χ0) is 20.4. The number of aromatic nitrogens is 1. The molecule has 7 heteroatoms. The number of fused-ring (bicyclic) bond motifs is 1. The molecular weight excluding hydrogens is 384 g/mol. The molecule has 1 fully saturated rings. The largest absolute Gasteiger partial charge is 0.368 e. The van der Waals surface area contributed by atoms with Crippen molar-refractivity contribution in [1.29, 1.82) is 0 Å². The highest BCUT2D eigenvalue weighted by atomic mass is 32.2. The molecule has 2 heterocycles. The summed E-state index contributed by atoms with van der Waals surface area (Å²) in [7, 11) is 0. The van der Waals surface area contributed by atoms with Crippen LogP contribution in [-0.2, 0) is 22.6 Å². The molecule has 3 N–H and O–H groups in total. The average Bonchev–Trinajstić information content (AvgIpc) is 3.22. The number of aliphatic imine (C=N–C) groups is 1. The molecule has 29 heavy (non-hydrogen) atoms. The third-order valence-electron chi connectivity index (χ3n) is 4.66. The van der Waals surface area contributed by atoms with Gasteiger partial charge in [0, 0.05) is 22.7 Å². The van der Waals surface area contributed by atoms with E-state index >= 15 is 0 Å². The van der Waals surface area contributed by atoms with Crippen molar-refractivity contribution < 1.29 is 9.59 Å². The van der Waals surface area contributed by atoms with Gasteiger partial charge >= 0.3 is 0 Å². The molecule has 1 aromatic heterocycles. The molecule has 1 saturated heterocycles. The number of para-hydroxylation sites is 1. The van der Waals surface area contributed by atoms with Crippen molar-refractivity contribution in [1.82, 2.24) is 9.88 Å². The molecule has 2 amide bonds. The first-order valence-corrected chi connectivity index (χ1v) is 10.1. The number of nitrogens with zero attached hydrogens (tertiary/aromatic N) is 2. The molecule has 0 bridgehead atoms. The second kappa shape index (κ2) is 7.97. The van der Waals surface area contributed by atoms with Crippen LogP contribution in [0.15, 0.2) is 64.6 Å². The normalized spacial score (nSPS) is 16.7. The molecule has 2 aromatic carbocycles. The van der Waals surface area contributed by atoms with E-state index in [9.17, 15) is 9.59 Å². The fourth-order valence-corrected chi connectivity index (χ4v) is 4.07. The van der Waals surface area contributed by atoms with E-state index in [1.54, 1.807) is 4.57 Å². The molecule has 6 nitrogen and oxygen atoms in total. The Labute approximate surface area is 172 Å². The number of primary amides is 1. The van der Waals surface area contributed by atoms with Crippen molar-refractivity contribution in [2.75, 3.05) is 0 Å². The van der Waals surface area contributed by atoms with Gasteiger partial charge in [0.1, 0.15) is 6.54 Å². The van der Waals surface area contributed by atoms with Crippen LogP contribution in [-0.4, -0.2) is 21.5 Å². The van der Waals surface area contributed by atoms with Crippen LogP contribution in [0.25, 0.3) is 17.0 Å². The van der Waals surface area contributed by atoms with Gasteiger partial charge in [-0.15, -0.1) is 0 Å². The van der Waals surface area contributed by atoms with Crippen molar-refractivity contribution in [3.8, 4) is 0 Å². The third-order valence-corrected chi connectivity index (χ3v) is 5.57. The van der Waals surface area contributed by atoms with E-state index in [-0.39, 0.29) is 12.5 Å². The number of hydrogen-bond acceptors (Lipinski definition) is 4. The standard InChI is InChI=1S/C22H20N4O2S/c1-2-14-7-9-16(10-8-14)24-22-25-21(28)19(29-22)11-15-12-26(13-20(23)27)18-6-4-3-5-17(15)18/h3-12H,2,13H2,1H3,(H2,23,27)(H,24,25,28)/b19-11-. The zero-order valence-electron chi connectivity index (χ0n) is 15.9. The zero-order valence-corrected chi connectivity index (χ0v) is 16.7. The number of benzene rings is 2. The Morgan fingerprint density at radius 3 is 2.69 bits per heavy atom. The maximum absolute atomic E-state index is 12.4. The van der Waals surface area contributed by atoms with Crippen molar-refractivity contribution in [3.05, 3.63) is 70.8 Å². The Bertz CT molecular complexity index is 1160. The number of nitrogens with two attached hydrogens (primary N) is 1. The highest BCUT2D eigenvalue weighted by Crippen LogP contribution is 2.31. The molecule has 3 aromatic rings. The fraction of sp³-hybridized carbons (Fsp3) is 0.136. The number of amidine groups is 1. The first kappa shape index (κ1) is 19.0. The molecule has 0 spiro atoms. The van der Waals surface area contributed by atoms with E-state index in [0.717, 1.165) is 28.6 Å². The van der Waals surface area contributed by atoms with E-state index in [2.05, 4.69) is 17.2 Å². The van der Waals surface area contributed by atoms with Gasteiger partial charge < -0.3 is 15.6 Å². The summed E-state index contributed by atoms with van der Waals surface area (Å²) in [5, 5.41) is 4.31. The van der Waals surface area contributed by atoms with Crippen LogP contribution in [0.2, 0.25) is 0 Å². The fourth-order valence-electron chi connectivity index (χ4n) is 3.23. The predicted molar refractivity (Wildman–Crippen MR) is 118 cm³/mol. The van der Waals surface area contributed by atoms with Crippen LogP contribution in [0, 0.1) is 0 Å². The lowest BCUT2D eigenvalue weighted by Crippen LogP contribution is -2.19. The van der Waals surface area contributed by atoms with Crippen LogP contribution in [0.4, 0.5) is 5.69 Å². The summed E-state index contributed by atoms with van der Waals surface area (Å²) in [5.41, 5.74) is 9.15. The Balaban J connectivity index is 1.64. The predicted octanol–water partition coefficient (Wildman–Crippen LogP) is 3.58. The van der Waals surface area contributed by atoms with Gasteiger partial charge in [-0.3, -0.25) is 9.59 Å². The second-order valence-corrected chi connectivity index (χ2v) is 7.73. The summed E-state index contributed by atoms with van der Waals surface area (Å²) in [6.07, 6.45) is 4.63. The lowest BCUT2D eigenvalue weighted by atomic mass is 10.1. The topological polar surface area (TPSA) is 89.5 Å². The molecule has 146 valence electrons.